The summed E-state index contributed by atoms with van der Waals surface area (Å²) in [7, 11) is 0. The van der Waals surface area contributed by atoms with Crippen molar-refractivity contribution in [1.82, 2.24) is 9.88 Å². The molecular formula is C25H31N3O3. The molecule has 1 aromatic carbocycles. The molecule has 1 aromatic heterocycles. The van der Waals surface area contributed by atoms with Crippen molar-refractivity contribution in [3.8, 4) is 6.07 Å². The number of ether oxygens (including phenoxy) is 1. The quantitative estimate of drug-likeness (QED) is 0.272. The monoisotopic (exact) mass is 421 g/mol. The number of carbonyl (C=O) groups is 2. The Hall–Kier alpha value is -3.33. The van der Waals surface area contributed by atoms with Crippen molar-refractivity contribution in [3.63, 3.8) is 0 Å². The van der Waals surface area contributed by atoms with Gasteiger partial charge in [-0.25, -0.2) is 4.79 Å². The highest BCUT2D eigenvalue weighted by atomic mass is 16.5. The smallest absolute Gasteiger partial charge is 0.348 e. The number of aromatic nitrogens is 1. The summed E-state index contributed by atoms with van der Waals surface area (Å²) >= 11 is 0. The number of hydrogen-bond donors (Lipinski definition) is 1. The van der Waals surface area contributed by atoms with Gasteiger partial charge in [0.05, 0.1) is 6.54 Å². The predicted octanol–water partition coefficient (Wildman–Crippen LogP) is 4.02. The molecule has 31 heavy (non-hydrogen) atoms. The number of nitriles is 1. The number of benzene rings is 1. The molecule has 164 valence electrons. The van der Waals surface area contributed by atoms with E-state index in [-0.39, 0.29) is 24.6 Å². The molecule has 2 aromatic rings. The molecule has 0 spiro atoms. The molecule has 0 saturated heterocycles. The molecule has 6 nitrogen and oxygen atoms in total. The average Bonchev–Trinajstić information content (AvgIpc) is 3.02. The van der Waals surface area contributed by atoms with Gasteiger partial charge in [-0.05, 0) is 56.9 Å². The lowest BCUT2D eigenvalue weighted by atomic mass is 10.1. The Morgan fingerprint density at radius 1 is 1.19 bits per heavy atom. The van der Waals surface area contributed by atoms with Crippen molar-refractivity contribution in [1.29, 1.82) is 5.26 Å². The number of nitrogens with zero attached hydrogens (tertiary/aromatic N) is 2. The van der Waals surface area contributed by atoms with Crippen LogP contribution in [0.2, 0.25) is 0 Å². The predicted molar refractivity (Wildman–Crippen MR) is 121 cm³/mol. The maximum absolute atomic E-state index is 12.3. The van der Waals surface area contributed by atoms with Crippen LogP contribution in [0.3, 0.4) is 0 Å². The van der Waals surface area contributed by atoms with Gasteiger partial charge in [0, 0.05) is 24.4 Å². The molecule has 0 radical (unpaired) electrons. The summed E-state index contributed by atoms with van der Waals surface area (Å²) in [4.78, 5) is 24.2. The molecule has 0 aliphatic heterocycles. The van der Waals surface area contributed by atoms with Crippen LogP contribution in [-0.4, -0.2) is 29.6 Å². The lowest BCUT2D eigenvalue weighted by Crippen LogP contribution is -2.28. The van der Waals surface area contributed by atoms with E-state index in [0.717, 1.165) is 35.5 Å². The minimum Gasteiger partial charge on any atom is -0.460 e. The van der Waals surface area contributed by atoms with Gasteiger partial charge in [0.2, 0.25) is 5.91 Å². The van der Waals surface area contributed by atoms with Crippen LogP contribution in [0.4, 0.5) is 0 Å². The molecule has 0 aliphatic rings. The van der Waals surface area contributed by atoms with Gasteiger partial charge in [0.25, 0.3) is 0 Å². The van der Waals surface area contributed by atoms with E-state index in [9.17, 15) is 14.9 Å². The summed E-state index contributed by atoms with van der Waals surface area (Å²) in [5.74, 6) is -0.785. The summed E-state index contributed by atoms with van der Waals surface area (Å²) in [6.45, 7) is 9.22. The van der Waals surface area contributed by atoms with E-state index in [2.05, 4.69) is 16.8 Å². The Morgan fingerprint density at radius 2 is 1.90 bits per heavy atom. The second-order valence-electron chi connectivity index (χ2n) is 7.62. The van der Waals surface area contributed by atoms with Crippen LogP contribution in [0.5, 0.6) is 0 Å². The first-order valence-corrected chi connectivity index (χ1v) is 10.6. The number of hydrogen-bond acceptors (Lipinski definition) is 4. The van der Waals surface area contributed by atoms with E-state index in [1.165, 1.54) is 5.56 Å². The van der Waals surface area contributed by atoms with Crippen molar-refractivity contribution in [2.24, 2.45) is 0 Å². The van der Waals surface area contributed by atoms with Gasteiger partial charge in [-0.3, -0.25) is 4.79 Å². The van der Waals surface area contributed by atoms with Crippen molar-refractivity contribution in [3.05, 3.63) is 64.0 Å². The van der Waals surface area contributed by atoms with Crippen LogP contribution in [-0.2, 0) is 27.3 Å². The lowest BCUT2D eigenvalue weighted by Gasteiger charge is -2.08. The van der Waals surface area contributed by atoms with Gasteiger partial charge in [-0.2, -0.15) is 5.26 Å². The van der Waals surface area contributed by atoms with E-state index < -0.39 is 5.97 Å². The molecular weight excluding hydrogens is 390 g/mol. The summed E-state index contributed by atoms with van der Waals surface area (Å²) in [5, 5.41) is 12.1. The third-order valence-corrected chi connectivity index (χ3v) is 5.12. The van der Waals surface area contributed by atoms with Crippen LogP contribution in [0.25, 0.3) is 6.08 Å². The van der Waals surface area contributed by atoms with Gasteiger partial charge < -0.3 is 14.6 Å². The first-order valence-electron chi connectivity index (χ1n) is 10.6. The summed E-state index contributed by atoms with van der Waals surface area (Å²) in [6.07, 6.45) is 3.60. The van der Waals surface area contributed by atoms with Crippen molar-refractivity contribution in [2.45, 2.75) is 53.5 Å². The first-order chi connectivity index (χ1) is 14.8. The molecule has 1 heterocycles. The van der Waals surface area contributed by atoms with Crippen molar-refractivity contribution in [2.75, 3.05) is 13.2 Å². The Labute approximate surface area is 184 Å². The Kier molecular flexibility index (Phi) is 9.08. The van der Waals surface area contributed by atoms with Crippen LogP contribution >= 0.6 is 0 Å². The minimum absolute atomic E-state index is 0.0168. The van der Waals surface area contributed by atoms with Gasteiger partial charge in [0.1, 0.15) is 18.2 Å². The van der Waals surface area contributed by atoms with E-state index in [0.29, 0.717) is 12.8 Å². The zero-order chi connectivity index (χ0) is 22.8. The van der Waals surface area contributed by atoms with Crippen LogP contribution in [0.1, 0.15) is 47.8 Å². The number of aryl methyl sites for hydroxylation is 3. The second-order valence-corrected chi connectivity index (χ2v) is 7.62. The zero-order valence-corrected chi connectivity index (χ0v) is 18.8. The minimum atomic E-state index is -0.684. The van der Waals surface area contributed by atoms with E-state index in [1.807, 2.05) is 57.2 Å². The summed E-state index contributed by atoms with van der Waals surface area (Å²) in [6, 6.07) is 12.0. The largest absolute Gasteiger partial charge is 0.460 e. The van der Waals surface area contributed by atoms with Gasteiger partial charge >= 0.3 is 5.97 Å². The van der Waals surface area contributed by atoms with Crippen LogP contribution < -0.4 is 5.32 Å². The van der Waals surface area contributed by atoms with E-state index in [4.69, 9.17) is 4.74 Å². The van der Waals surface area contributed by atoms with Crippen molar-refractivity contribution >= 4 is 18.0 Å². The molecule has 0 fully saturated rings. The second kappa shape index (κ2) is 11.8. The average molecular weight is 422 g/mol. The maximum Gasteiger partial charge on any atom is 0.348 e. The van der Waals surface area contributed by atoms with E-state index >= 15 is 0 Å². The third-order valence-electron chi connectivity index (χ3n) is 5.12. The van der Waals surface area contributed by atoms with E-state index in [1.54, 1.807) is 6.08 Å². The number of rotatable bonds is 10. The SMILES string of the molecule is CCCn1c(C)cc(/C=C(/C#N)C(=O)OCCNC(=O)CCc2ccc(C)cc2)c1C. The molecule has 1 N–H and O–H groups in total. The Morgan fingerprint density at radius 3 is 2.55 bits per heavy atom. The molecule has 6 heteroatoms. The highest BCUT2D eigenvalue weighted by Gasteiger charge is 2.14. The van der Waals surface area contributed by atoms with Gasteiger partial charge in [0.15, 0.2) is 0 Å². The van der Waals surface area contributed by atoms with Gasteiger partial charge in [-0.15, -0.1) is 0 Å². The molecule has 1 amide bonds. The third kappa shape index (κ3) is 7.14. The van der Waals surface area contributed by atoms with Gasteiger partial charge in [-0.1, -0.05) is 36.8 Å². The fraction of sp³-hybridized carbons (Fsp3) is 0.400. The highest BCUT2D eigenvalue weighted by molar-refractivity contribution is 5.98. The van der Waals surface area contributed by atoms with Crippen molar-refractivity contribution < 1.29 is 14.3 Å². The fourth-order valence-electron chi connectivity index (χ4n) is 3.35. The molecule has 0 unspecified atom stereocenters. The summed E-state index contributed by atoms with van der Waals surface area (Å²) < 4.78 is 7.33. The molecule has 0 saturated carbocycles. The number of amides is 1. The van der Waals surface area contributed by atoms with Crippen LogP contribution in [0.15, 0.2) is 35.9 Å². The number of carbonyl (C=O) groups excluding carboxylic acids is 2. The standard InChI is InChI=1S/C25H31N3O3/c1-5-13-28-19(3)15-22(20(28)4)16-23(17-26)25(30)31-14-12-27-24(29)11-10-21-8-6-18(2)7-9-21/h6-9,15-16H,5,10-14H2,1-4H3,(H,27,29)/b23-16-. The molecule has 0 aliphatic carbocycles. The summed E-state index contributed by atoms with van der Waals surface area (Å²) in [5.41, 5.74) is 5.18. The first kappa shape index (κ1) is 23.9. The molecule has 2 rings (SSSR count). The molecule has 0 bridgehead atoms. The highest BCUT2D eigenvalue weighted by Crippen LogP contribution is 2.19. The normalized spacial score (nSPS) is 11.1. The topological polar surface area (TPSA) is 84.1 Å². The Balaban J connectivity index is 1.81. The maximum atomic E-state index is 12.3. The molecule has 0 atom stereocenters. The van der Waals surface area contributed by atoms with Crippen LogP contribution in [0, 0.1) is 32.1 Å². The lowest BCUT2D eigenvalue weighted by molar-refractivity contribution is -0.138. The Bertz CT molecular complexity index is 979. The number of nitrogens with one attached hydrogen (secondary N) is 1. The number of esters is 1. The zero-order valence-electron chi connectivity index (χ0n) is 18.8. The fourth-order valence-corrected chi connectivity index (χ4v) is 3.35.